The van der Waals surface area contributed by atoms with Crippen LogP contribution in [-0.4, -0.2) is 0 Å². The second kappa shape index (κ2) is 5.90. The van der Waals surface area contributed by atoms with Gasteiger partial charge < -0.3 is 0 Å². The van der Waals surface area contributed by atoms with Gasteiger partial charge in [0.2, 0.25) is 0 Å². The van der Waals surface area contributed by atoms with E-state index in [1.807, 2.05) is 36.4 Å². The first-order chi connectivity index (χ1) is 8.28. The maximum atomic E-state index is 8.71. The molecule has 2 aromatic carbocycles. The lowest BCUT2D eigenvalue weighted by Gasteiger charge is -2.02. The van der Waals surface area contributed by atoms with Crippen molar-refractivity contribution in [3.63, 3.8) is 0 Å². The lowest BCUT2D eigenvalue weighted by atomic mass is 10.2. The average molecular weight is 304 g/mol. The van der Waals surface area contributed by atoms with Crippen molar-refractivity contribution in [2.24, 2.45) is 0 Å². The molecule has 84 valence electrons. The molecule has 1 nitrogen and oxygen atoms in total. The molecule has 0 heterocycles. The van der Waals surface area contributed by atoms with Crippen LogP contribution in [0.2, 0.25) is 0 Å². The van der Waals surface area contributed by atoms with Gasteiger partial charge in [0.25, 0.3) is 0 Å². The second-order valence-electron chi connectivity index (χ2n) is 3.55. The highest BCUT2D eigenvalue weighted by Gasteiger charge is 1.97. The fraction of sp³-hybridized carbons (Fsp3) is 0.0714. The predicted molar refractivity (Wildman–Crippen MR) is 74.9 cm³/mol. The Bertz CT molecular complexity index is 543. The molecule has 0 saturated heterocycles. The topological polar surface area (TPSA) is 23.8 Å². The monoisotopic (exact) mass is 303 g/mol. The normalized spacial score (nSPS) is 9.88. The summed E-state index contributed by atoms with van der Waals surface area (Å²) in [4.78, 5) is 1.24. The summed E-state index contributed by atoms with van der Waals surface area (Å²) >= 11 is 5.25. The lowest BCUT2D eigenvalue weighted by molar-refractivity contribution is 1.36. The van der Waals surface area contributed by atoms with Crippen LogP contribution in [-0.2, 0) is 5.75 Å². The fourth-order valence-electron chi connectivity index (χ4n) is 1.40. The molecule has 2 aromatic rings. The van der Waals surface area contributed by atoms with E-state index in [-0.39, 0.29) is 0 Å². The minimum atomic E-state index is 0.709. The van der Waals surface area contributed by atoms with Gasteiger partial charge in [-0.1, -0.05) is 34.1 Å². The Kier molecular flexibility index (Phi) is 4.24. The largest absolute Gasteiger partial charge is 0.192 e. The van der Waals surface area contributed by atoms with Gasteiger partial charge in [0.05, 0.1) is 11.6 Å². The fourth-order valence-corrected chi connectivity index (χ4v) is 2.86. The van der Waals surface area contributed by atoms with Crippen molar-refractivity contribution in [3.05, 3.63) is 64.1 Å². The van der Waals surface area contributed by atoms with E-state index in [0.717, 1.165) is 10.2 Å². The van der Waals surface area contributed by atoms with Crippen molar-refractivity contribution in [1.82, 2.24) is 0 Å². The molecule has 0 spiro atoms. The van der Waals surface area contributed by atoms with E-state index >= 15 is 0 Å². The minimum Gasteiger partial charge on any atom is -0.192 e. The van der Waals surface area contributed by atoms with Crippen LogP contribution in [0.3, 0.4) is 0 Å². The van der Waals surface area contributed by atoms with Gasteiger partial charge in [-0.3, -0.25) is 0 Å². The van der Waals surface area contributed by atoms with E-state index in [1.54, 1.807) is 11.8 Å². The van der Waals surface area contributed by atoms with Gasteiger partial charge in [0.1, 0.15) is 0 Å². The van der Waals surface area contributed by atoms with Crippen LogP contribution in [0.1, 0.15) is 11.1 Å². The van der Waals surface area contributed by atoms with Crippen molar-refractivity contribution in [2.75, 3.05) is 0 Å². The van der Waals surface area contributed by atoms with E-state index in [2.05, 4.69) is 34.1 Å². The molecule has 0 radical (unpaired) electrons. The Morgan fingerprint density at radius 2 is 1.88 bits per heavy atom. The van der Waals surface area contributed by atoms with E-state index < -0.39 is 0 Å². The summed E-state index contributed by atoms with van der Waals surface area (Å²) in [5.74, 6) is 0.919. The maximum absolute atomic E-state index is 8.71. The maximum Gasteiger partial charge on any atom is 0.0991 e. The Hall–Kier alpha value is -1.24. The molecule has 0 saturated carbocycles. The zero-order chi connectivity index (χ0) is 12.1. The number of nitriles is 1. The van der Waals surface area contributed by atoms with E-state index in [4.69, 9.17) is 5.26 Å². The Morgan fingerprint density at radius 1 is 1.12 bits per heavy atom. The van der Waals surface area contributed by atoms with Gasteiger partial charge in [-0.25, -0.2) is 0 Å². The van der Waals surface area contributed by atoms with Crippen molar-refractivity contribution >= 4 is 27.7 Å². The third-order valence-corrected chi connectivity index (χ3v) is 3.84. The molecule has 0 aliphatic rings. The van der Waals surface area contributed by atoms with Gasteiger partial charge in [-0.2, -0.15) is 5.26 Å². The Morgan fingerprint density at radius 3 is 2.53 bits per heavy atom. The summed E-state index contributed by atoms with van der Waals surface area (Å²) in [5.41, 5.74) is 1.94. The molecule has 0 aliphatic carbocycles. The summed E-state index contributed by atoms with van der Waals surface area (Å²) in [6, 6.07) is 18.1. The highest BCUT2D eigenvalue weighted by molar-refractivity contribution is 9.10. The van der Waals surface area contributed by atoms with Crippen LogP contribution in [0.15, 0.2) is 57.9 Å². The highest BCUT2D eigenvalue weighted by Crippen LogP contribution is 2.25. The molecular formula is C14H10BrNS. The number of hydrogen-bond donors (Lipinski definition) is 0. The number of benzene rings is 2. The summed E-state index contributed by atoms with van der Waals surface area (Å²) in [5, 5.41) is 8.71. The highest BCUT2D eigenvalue weighted by atomic mass is 79.9. The first kappa shape index (κ1) is 12.2. The second-order valence-corrected chi connectivity index (χ2v) is 5.52. The molecule has 0 fully saturated rings. The smallest absolute Gasteiger partial charge is 0.0991 e. The number of thioether (sulfide) groups is 1. The van der Waals surface area contributed by atoms with E-state index in [1.165, 1.54) is 10.5 Å². The van der Waals surface area contributed by atoms with Crippen molar-refractivity contribution < 1.29 is 0 Å². The van der Waals surface area contributed by atoms with Crippen LogP contribution in [0.25, 0.3) is 0 Å². The van der Waals surface area contributed by atoms with E-state index in [0.29, 0.717) is 5.56 Å². The molecule has 0 amide bonds. The number of hydrogen-bond acceptors (Lipinski definition) is 2. The Balaban J connectivity index is 2.00. The van der Waals surface area contributed by atoms with Gasteiger partial charge in [-0.05, 0) is 35.9 Å². The first-order valence-electron chi connectivity index (χ1n) is 5.15. The van der Waals surface area contributed by atoms with Gasteiger partial charge in [0, 0.05) is 15.1 Å². The first-order valence-corrected chi connectivity index (χ1v) is 6.93. The number of rotatable bonds is 3. The van der Waals surface area contributed by atoms with Crippen molar-refractivity contribution in [1.29, 1.82) is 5.26 Å². The average Bonchev–Trinajstić information content (AvgIpc) is 2.37. The summed E-state index contributed by atoms with van der Waals surface area (Å²) in [6.07, 6.45) is 0. The van der Waals surface area contributed by atoms with Crippen LogP contribution >= 0.6 is 27.7 Å². The number of nitrogens with zero attached hydrogens (tertiary/aromatic N) is 1. The molecule has 0 bridgehead atoms. The molecule has 0 atom stereocenters. The predicted octanol–water partition coefficient (Wildman–Crippen LogP) is 4.61. The molecule has 3 heteroatoms. The molecule has 0 N–H and O–H groups in total. The SMILES string of the molecule is N#Cc1ccc(CSc2cccc(Br)c2)cc1. The van der Waals surface area contributed by atoms with Crippen LogP contribution in [0.5, 0.6) is 0 Å². The lowest BCUT2D eigenvalue weighted by Crippen LogP contribution is -1.81. The third kappa shape index (κ3) is 3.62. The molecule has 0 unspecified atom stereocenters. The van der Waals surface area contributed by atoms with Crippen molar-refractivity contribution in [3.8, 4) is 6.07 Å². The zero-order valence-corrected chi connectivity index (χ0v) is 11.5. The molecule has 17 heavy (non-hydrogen) atoms. The number of halogens is 1. The molecule has 2 rings (SSSR count). The zero-order valence-electron chi connectivity index (χ0n) is 9.06. The van der Waals surface area contributed by atoms with Gasteiger partial charge >= 0.3 is 0 Å². The van der Waals surface area contributed by atoms with Crippen molar-refractivity contribution in [2.45, 2.75) is 10.6 Å². The quantitative estimate of drug-likeness (QED) is 0.773. The minimum absolute atomic E-state index is 0.709. The van der Waals surface area contributed by atoms with Gasteiger partial charge in [-0.15, -0.1) is 11.8 Å². The molecular weight excluding hydrogens is 294 g/mol. The Labute approximate surface area is 114 Å². The summed E-state index contributed by atoms with van der Waals surface area (Å²) < 4.78 is 1.10. The summed E-state index contributed by atoms with van der Waals surface area (Å²) in [6.45, 7) is 0. The third-order valence-electron chi connectivity index (χ3n) is 2.28. The van der Waals surface area contributed by atoms with Gasteiger partial charge in [0.15, 0.2) is 0 Å². The van der Waals surface area contributed by atoms with Crippen LogP contribution < -0.4 is 0 Å². The standard InChI is InChI=1S/C14H10BrNS/c15-13-2-1-3-14(8-13)17-10-12-6-4-11(9-16)5-7-12/h1-8H,10H2. The molecule has 0 aliphatic heterocycles. The van der Waals surface area contributed by atoms with Crippen LogP contribution in [0.4, 0.5) is 0 Å². The van der Waals surface area contributed by atoms with E-state index in [9.17, 15) is 0 Å². The van der Waals surface area contributed by atoms with Crippen LogP contribution in [0, 0.1) is 11.3 Å². The molecule has 0 aromatic heterocycles. The summed E-state index contributed by atoms with van der Waals surface area (Å²) in [7, 11) is 0.